The van der Waals surface area contributed by atoms with E-state index in [-0.39, 0.29) is 5.91 Å². The molecule has 6 heteroatoms. The van der Waals surface area contributed by atoms with Crippen LogP contribution in [0.4, 0.5) is 0 Å². The van der Waals surface area contributed by atoms with Crippen LogP contribution in [0.5, 0.6) is 0 Å². The predicted octanol–water partition coefficient (Wildman–Crippen LogP) is 2.62. The van der Waals surface area contributed by atoms with Crippen molar-refractivity contribution in [3.63, 3.8) is 0 Å². The number of benzene rings is 1. The van der Waals surface area contributed by atoms with E-state index in [2.05, 4.69) is 11.9 Å². The van der Waals surface area contributed by atoms with Crippen LogP contribution in [0, 0.1) is 5.92 Å². The van der Waals surface area contributed by atoms with Crippen molar-refractivity contribution in [1.82, 2.24) is 14.5 Å². The van der Waals surface area contributed by atoms with Crippen molar-refractivity contribution in [3.05, 3.63) is 53.6 Å². The van der Waals surface area contributed by atoms with Crippen LogP contribution in [0.1, 0.15) is 41.5 Å². The summed E-state index contributed by atoms with van der Waals surface area (Å²) >= 11 is 0. The number of carboxylic acids is 1. The van der Waals surface area contributed by atoms with Crippen LogP contribution in [0.2, 0.25) is 0 Å². The number of aryl methyl sites for hydroxylation is 2. The van der Waals surface area contributed by atoms with Crippen molar-refractivity contribution in [1.29, 1.82) is 0 Å². The molecule has 3 rings (SSSR count). The molecule has 0 spiro atoms. The lowest BCUT2D eigenvalue weighted by atomic mass is 9.97. The highest BCUT2D eigenvalue weighted by Gasteiger charge is 2.26. The molecule has 1 aliphatic rings. The average Bonchev–Trinajstić information content (AvgIpc) is 3.29. The van der Waals surface area contributed by atoms with Gasteiger partial charge >= 0.3 is 5.97 Å². The average molecular weight is 355 g/mol. The normalized spacial score (nSPS) is 16.8. The molecule has 0 bridgehead atoms. The van der Waals surface area contributed by atoms with E-state index >= 15 is 0 Å². The number of rotatable bonds is 7. The monoisotopic (exact) mass is 355 g/mol. The molecule has 26 heavy (non-hydrogen) atoms. The largest absolute Gasteiger partial charge is 0.478 e. The Labute approximate surface area is 153 Å². The molecule has 0 radical (unpaired) electrons. The molecule has 2 heterocycles. The number of amides is 1. The number of carbonyl (C=O) groups is 2. The third kappa shape index (κ3) is 4.31. The number of likely N-dealkylation sites (tertiary alicyclic amines) is 1. The van der Waals surface area contributed by atoms with E-state index in [9.17, 15) is 9.59 Å². The van der Waals surface area contributed by atoms with E-state index in [1.54, 1.807) is 24.4 Å². The summed E-state index contributed by atoms with van der Waals surface area (Å²) in [6.07, 6.45) is 6.84. The van der Waals surface area contributed by atoms with Gasteiger partial charge in [0.25, 0.3) is 0 Å². The van der Waals surface area contributed by atoms with Gasteiger partial charge in [-0.2, -0.15) is 0 Å². The highest BCUT2D eigenvalue weighted by molar-refractivity contribution is 5.87. The van der Waals surface area contributed by atoms with Gasteiger partial charge in [-0.3, -0.25) is 4.79 Å². The van der Waals surface area contributed by atoms with Gasteiger partial charge in [0.1, 0.15) is 5.82 Å². The number of hydrogen-bond acceptors (Lipinski definition) is 3. The lowest BCUT2D eigenvalue weighted by Gasteiger charge is -2.17. The second kappa shape index (κ2) is 8.17. The van der Waals surface area contributed by atoms with E-state index in [1.165, 1.54) is 0 Å². The molecule has 1 aromatic heterocycles. The molecule has 1 fully saturated rings. The first-order valence-electron chi connectivity index (χ1n) is 9.16. The van der Waals surface area contributed by atoms with Crippen LogP contribution in [-0.2, 0) is 24.2 Å². The van der Waals surface area contributed by atoms with Crippen LogP contribution >= 0.6 is 0 Å². The Bertz CT molecular complexity index is 784. The minimum Gasteiger partial charge on any atom is -0.478 e. The molecule has 0 unspecified atom stereocenters. The van der Waals surface area contributed by atoms with Gasteiger partial charge in [-0.05, 0) is 36.5 Å². The fourth-order valence-electron chi connectivity index (χ4n) is 3.62. The number of imidazole rings is 1. The highest BCUT2D eigenvalue weighted by atomic mass is 16.4. The SMILES string of the molecule is CCc1nccn1CCC(=O)N1CC[C@@H](Cc2cccc(C(=O)O)c2)C1. The molecule has 0 saturated carbocycles. The zero-order chi connectivity index (χ0) is 18.5. The maximum absolute atomic E-state index is 12.5. The van der Waals surface area contributed by atoms with Crippen molar-refractivity contribution in [3.8, 4) is 0 Å². The summed E-state index contributed by atoms with van der Waals surface area (Å²) in [5.41, 5.74) is 1.34. The number of nitrogens with zero attached hydrogens (tertiary/aromatic N) is 3. The fourth-order valence-corrected chi connectivity index (χ4v) is 3.62. The second-order valence-corrected chi connectivity index (χ2v) is 6.84. The van der Waals surface area contributed by atoms with Crippen molar-refractivity contribution in [2.45, 2.75) is 39.2 Å². The number of carbonyl (C=O) groups excluding carboxylic acids is 1. The van der Waals surface area contributed by atoms with Crippen LogP contribution < -0.4 is 0 Å². The third-order valence-corrected chi connectivity index (χ3v) is 5.02. The van der Waals surface area contributed by atoms with Gasteiger partial charge in [0, 0.05) is 44.9 Å². The van der Waals surface area contributed by atoms with Gasteiger partial charge in [-0.15, -0.1) is 0 Å². The molecular formula is C20H25N3O3. The van der Waals surface area contributed by atoms with Crippen LogP contribution in [0.15, 0.2) is 36.7 Å². The Kier molecular flexibility index (Phi) is 5.71. The van der Waals surface area contributed by atoms with E-state index in [0.717, 1.165) is 43.7 Å². The molecule has 1 N–H and O–H groups in total. The van der Waals surface area contributed by atoms with Gasteiger partial charge < -0.3 is 14.6 Å². The van der Waals surface area contributed by atoms with Gasteiger partial charge in [-0.25, -0.2) is 9.78 Å². The van der Waals surface area contributed by atoms with Crippen LogP contribution in [0.25, 0.3) is 0 Å². The summed E-state index contributed by atoms with van der Waals surface area (Å²) in [5.74, 6) is 0.682. The number of hydrogen-bond donors (Lipinski definition) is 1. The van der Waals surface area contributed by atoms with Crippen molar-refractivity contribution in [2.24, 2.45) is 5.92 Å². The molecule has 1 atom stereocenters. The molecule has 1 amide bonds. The first-order valence-corrected chi connectivity index (χ1v) is 9.16. The van der Waals surface area contributed by atoms with Crippen LogP contribution in [-0.4, -0.2) is 44.5 Å². The van der Waals surface area contributed by atoms with E-state index in [0.29, 0.717) is 24.4 Å². The Hall–Kier alpha value is -2.63. The topological polar surface area (TPSA) is 75.4 Å². The fraction of sp³-hybridized carbons (Fsp3) is 0.450. The first kappa shape index (κ1) is 18.2. The smallest absolute Gasteiger partial charge is 0.335 e. The molecule has 6 nitrogen and oxygen atoms in total. The number of aromatic nitrogens is 2. The van der Waals surface area contributed by atoms with E-state index in [1.807, 2.05) is 21.7 Å². The number of aromatic carboxylic acids is 1. The lowest BCUT2D eigenvalue weighted by molar-refractivity contribution is -0.130. The minimum absolute atomic E-state index is 0.183. The minimum atomic E-state index is -0.902. The summed E-state index contributed by atoms with van der Waals surface area (Å²) < 4.78 is 2.04. The number of carboxylic acid groups (broad SMARTS) is 1. The molecule has 1 aliphatic heterocycles. The van der Waals surface area contributed by atoms with E-state index in [4.69, 9.17) is 5.11 Å². The van der Waals surface area contributed by atoms with Crippen molar-refractivity contribution >= 4 is 11.9 Å². The van der Waals surface area contributed by atoms with Crippen molar-refractivity contribution in [2.75, 3.05) is 13.1 Å². The Morgan fingerprint density at radius 1 is 1.35 bits per heavy atom. The zero-order valence-corrected chi connectivity index (χ0v) is 15.1. The molecule has 0 aliphatic carbocycles. The van der Waals surface area contributed by atoms with Gasteiger partial charge in [0.2, 0.25) is 5.91 Å². The molecule has 1 saturated heterocycles. The molecule has 138 valence electrons. The molecular weight excluding hydrogens is 330 g/mol. The molecule has 2 aromatic rings. The Balaban J connectivity index is 1.51. The maximum Gasteiger partial charge on any atom is 0.335 e. The quantitative estimate of drug-likeness (QED) is 0.828. The highest BCUT2D eigenvalue weighted by Crippen LogP contribution is 2.22. The summed E-state index contributed by atoms with van der Waals surface area (Å²) in [6.45, 7) is 4.27. The predicted molar refractivity (Wildman–Crippen MR) is 98.0 cm³/mol. The Morgan fingerprint density at radius 2 is 2.19 bits per heavy atom. The third-order valence-electron chi connectivity index (χ3n) is 5.02. The molecule has 1 aromatic carbocycles. The second-order valence-electron chi connectivity index (χ2n) is 6.84. The summed E-state index contributed by atoms with van der Waals surface area (Å²) in [5, 5.41) is 9.10. The maximum atomic E-state index is 12.5. The van der Waals surface area contributed by atoms with E-state index < -0.39 is 5.97 Å². The van der Waals surface area contributed by atoms with Crippen LogP contribution in [0.3, 0.4) is 0 Å². The summed E-state index contributed by atoms with van der Waals surface area (Å²) in [7, 11) is 0. The zero-order valence-electron chi connectivity index (χ0n) is 15.1. The standard InChI is InChI=1S/C20H25N3O3/c1-2-18-21-8-11-22(18)10-7-19(24)23-9-6-16(14-23)12-15-4-3-5-17(13-15)20(25)26/h3-5,8,11,13,16H,2,6-7,9-10,12,14H2,1H3,(H,25,26)/t16-/m0/s1. The summed E-state index contributed by atoms with van der Waals surface area (Å²) in [4.78, 5) is 29.8. The van der Waals surface area contributed by atoms with Gasteiger partial charge in [-0.1, -0.05) is 19.1 Å². The van der Waals surface area contributed by atoms with Gasteiger partial charge in [0.15, 0.2) is 0 Å². The Morgan fingerprint density at radius 3 is 2.96 bits per heavy atom. The lowest BCUT2D eigenvalue weighted by Crippen LogP contribution is -2.29. The summed E-state index contributed by atoms with van der Waals surface area (Å²) in [6, 6.07) is 7.09. The van der Waals surface area contributed by atoms with Crippen molar-refractivity contribution < 1.29 is 14.7 Å². The van der Waals surface area contributed by atoms with Gasteiger partial charge in [0.05, 0.1) is 5.56 Å². The first-order chi connectivity index (χ1) is 12.6.